The van der Waals surface area contributed by atoms with Crippen molar-refractivity contribution < 1.29 is 19.0 Å². The molecule has 0 aliphatic carbocycles. The molecule has 3 aromatic rings. The number of rotatable bonds is 14. The molecule has 0 heterocycles. The molecule has 0 fully saturated rings. The minimum atomic E-state index is -0.366. The predicted molar refractivity (Wildman–Crippen MR) is 154 cm³/mol. The van der Waals surface area contributed by atoms with Gasteiger partial charge in [-0.3, -0.25) is 4.79 Å². The van der Waals surface area contributed by atoms with Gasteiger partial charge in [0.15, 0.2) is 5.75 Å². The third kappa shape index (κ3) is 9.07. The van der Waals surface area contributed by atoms with Crippen LogP contribution in [0.4, 0.5) is 0 Å². The number of nitrogens with two attached hydrogens (primary N) is 1. The van der Waals surface area contributed by atoms with Crippen LogP contribution in [0.2, 0.25) is 15.1 Å². The molecule has 0 radical (unpaired) electrons. The van der Waals surface area contributed by atoms with Gasteiger partial charge in [-0.05, 0) is 72.4 Å². The molecule has 3 aromatic carbocycles. The predicted octanol–water partition coefficient (Wildman–Crippen LogP) is 6.04. The van der Waals surface area contributed by atoms with Crippen molar-refractivity contribution in [2.45, 2.75) is 26.3 Å². The number of hydrogen-bond donors (Lipinski definition) is 2. The van der Waals surface area contributed by atoms with Crippen LogP contribution in [0.1, 0.15) is 22.3 Å². The van der Waals surface area contributed by atoms with Gasteiger partial charge in [0.2, 0.25) is 5.91 Å². The van der Waals surface area contributed by atoms with E-state index in [1.165, 1.54) is 0 Å². The van der Waals surface area contributed by atoms with Crippen molar-refractivity contribution in [1.82, 2.24) is 5.32 Å². The Morgan fingerprint density at radius 3 is 2.21 bits per heavy atom. The van der Waals surface area contributed by atoms with Gasteiger partial charge in [-0.1, -0.05) is 59.1 Å². The summed E-state index contributed by atoms with van der Waals surface area (Å²) in [5.74, 6) is 0.659. The molecule has 6 nitrogen and oxygen atoms in total. The number of amides is 1. The highest BCUT2D eigenvalue weighted by atomic mass is 35.5. The molecular weight excluding hydrogens is 547 g/mol. The van der Waals surface area contributed by atoms with Crippen molar-refractivity contribution >= 4 is 40.7 Å². The Hall–Kier alpha value is -2.48. The first kappa shape index (κ1) is 30.1. The van der Waals surface area contributed by atoms with E-state index in [2.05, 4.69) is 5.32 Å². The molecule has 1 amide bonds. The Labute approximate surface area is 239 Å². The lowest BCUT2D eigenvalue weighted by Crippen LogP contribution is -2.36. The molecule has 1 unspecified atom stereocenters. The van der Waals surface area contributed by atoms with Crippen molar-refractivity contribution in [3.63, 3.8) is 0 Å². The number of aryl methyl sites for hydroxylation is 1. The molecule has 0 aliphatic heterocycles. The van der Waals surface area contributed by atoms with Gasteiger partial charge in [0.1, 0.15) is 19.0 Å². The quantitative estimate of drug-likeness (QED) is 0.228. The SMILES string of the molecule is COCCc1ccc(Cl)c(CNC(=O)C(CN)Cc2ccc(OCCOc3c(Cl)cc(C)cc3Cl)cc2)c1. The van der Waals surface area contributed by atoms with Gasteiger partial charge in [-0.2, -0.15) is 0 Å². The summed E-state index contributed by atoms with van der Waals surface area (Å²) in [5, 5.41) is 4.52. The van der Waals surface area contributed by atoms with Crippen LogP contribution in [0, 0.1) is 12.8 Å². The zero-order valence-electron chi connectivity index (χ0n) is 21.6. The van der Waals surface area contributed by atoms with E-state index in [0.29, 0.717) is 59.4 Å². The summed E-state index contributed by atoms with van der Waals surface area (Å²) in [4.78, 5) is 12.8. The van der Waals surface area contributed by atoms with Crippen LogP contribution in [0.25, 0.3) is 0 Å². The zero-order chi connectivity index (χ0) is 27.5. The molecule has 0 bridgehead atoms. The van der Waals surface area contributed by atoms with Gasteiger partial charge in [-0.15, -0.1) is 0 Å². The summed E-state index contributed by atoms with van der Waals surface area (Å²) < 4.78 is 16.6. The average molecular weight is 580 g/mol. The van der Waals surface area contributed by atoms with E-state index in [9.17, 15) is 4.79 Å². The van der Waals surface area contributed by atoms with Crippen molar-refractivity contribution in [3.8, 4) is 11.5 Å². The first-order valence-corrected chi connectivity index (χ1v) is 13.5. The van der Waals surface area contributed by atoms with Gasteiger partial charge in [-0.25, -0.2) is 0 Å². The third-order valence-corrected chi connectivity index (χ3v) is 6.89. The fraction of sp³-hybridized carbons (Fsp3) is 0.345. The van der Waals surface area contributed by atoms with Crippen LogP contribution in [0.15, 0.2) is 54.6 Å². The van der Waals surface area contributed by atoms with E-state index in [0.717, 1.165) is 28.7 Å². The normalized spacial score (nSPS) is 11.7. The fourth-order valence-electron chi connectivity index (χ4n) is 3.88. The van der Waals surface area contributed by atoms with Crippen molar-refractivity contribution in [2.24, 2.45) is 11.7 Å². The Kier molecular flexibility index (Phi) is 12.0. The number of nitrogens with one attached hydrogen (secondary N) is 1. The molecule has 0 aliphatic rings. The Bertz CT molecular complexity index is 1180. The molecule has 0 spiro atoms. The Morgan fingerprint density at radius 1 is 0.895 bits per heavy atom. The van der Waals surface area contributed by atoms with E-state index in [1.54, 1.807) is 19.2 Å². The second-order valence-electron chi connectivity index (χ2n) is 8.92. The minimum Gasteiger partial charge on any atom is -0.490 e. The van der Waals surface area contributed by atoms with Crippen molar-refractivity contribution in [1.29, 1.82) is 0 Å². The van der Waals surface area contributed by atoms with E-state index < -0.39 is 0 Å². The molecule has 3 N–H and O–H groups in total. The lowest BCUT2D eigenvalue weighted by molar-refractivity contribution is -0.124. The number of carbonyl (C=O) groups excluding carboxylic acids is 1. The third-order valence-electron chi connectivity index (χ3n) is 5.96. The van der Waals surface area contributed by atoms with E-state index in [-0.39, 0.29) is 18.4 Å². The second kappa shape index (κ2) is 15.2. The summed E-state index contributed by atoms with van der Waals surface area (Å²) in [6.45, 7) is 3.72. The zero-order valence-corrected chi connectivity index (χ0v) is 23.8. The topological polar surface area (TPSA) is 82.8 Å². The van der Waals surface area contributed by atoms with E-state index in [1.807, 2.05) is 49.4 Å². The van der Waals surface area contributed by atoms with Gasteiger partial charge < -0.3 is 25.3 Å². The Morgan fingerprint density at radius 2 is 1.55 bits per heavy atom. The van der Waals surface area contributed by atoms with E-state index in [4.69, 9.17) is 54.7 Å². The highest BCUT2D eigenvalue weighted by molar-refractivity contribution is 6.37. The number of methoxy groups -OCH3 is 1. The highest BCUT2D eigenvalue weighted by Gasteiger charge is 2.18. The maximum absolute atomic E-state index is 12.8. The van der Waals surface area contributed by atoms with Crippen LogP contribution < -0.4 is 20.5 Å². The lowest BCUT2D eigenvalue weighted by atomic mass is 9.98. The number of benzene rings is 3. The van der Waals surface area contributed by atoms with Crippen LogP contribution >= 0.6 is 34.8 Å². The smallest absolute Gasteiger partial charge is 0.224 e. The first-order valence-electron chi connectivity index (χ1n) is 12.3. The summed E-state index contributed by atoms with van der Waals surface area (Å²) in [6, 6.07) is 17.0. The summed E-state index contributed by atoms with van der Waals surface area (Å²) in [7, 11) is 1.67. The molecular formula is C29H33Cl3N2O4. The average Bonchev–Trinajstić information content (AvgIpc) is 2.90. The lowest BCUT2D eigenvalue weighted by Gasteiger charge is -2.16. The highest BCUT2D eigenvalue weighted by Crippen LogP contribution is 2.34. The summed E-state index contributed by atoms with van der Waals surface area (Å²) in [5.41, 5.74) is 9.84. The van der Waals surface area contributed by atoms with Crippen molar-refractivity contribution in [2.75, 3.05) is 33.5 Å². The van der Waals surface area contributed by atoms with Gasteiger partial charge in [0, 0.05) is 25.2 Å². The number of halogens is 3. The van der Waals surface area contributed by atoms with Gasteiger partial charge in [0.05, 0.1) is 22.6 Å². The van der Waals surface area contributed by atoms with Crippen LogP contribution in [0.3, 0.4) is 0 Å². The maximum atomic E-state index is 12.8. The van der Waals surface area contributed by atoms with E-state index >= 15 is 0 Å². The summed E-state index contributed by atoms with van der Waals surface area (Å²) >= 11 is 18.7. The molecule has 3 rings (SSSR count). The second-order valence-corrected chi connectivity index (χ2v) is 10.1. The molecule has 1 atom stereocenters. The number of ether oxygens (including phenoxy) is 3. The fourth-order valence-corrected chi connectivity index (χ4v) is 4.77. The molecule has 0 saturated heterocycles. The molecule has 38 heavy (non-hydrogen) atoms. The molecule has 0 saturated carbocycles. The van der Waals surface area contributed by atoms with Crippen molar-refractivity contribution in [3.05, 3.63) is 91.9 Å². The standard InChI is InChI=1S/C29H33Cl3N2O4/c1-19-13-26(31)28(27(32)14-19)38-12-11-37-24-6-3-20(4-7-24)15-22(17-33)29(35)34-18-23-16-21(9-10-36-2)5-8-25(23)30/h3-8,13-14,16,22H,9-12,15,17-18,33H2,1-2H3,(H,34,35). The Balaban J connectivity index is 1.47. The molecule has 204 valence electrons. The van der Waals surface area contributed by atoms with Crippen LogP contribution in [-0.4, -0.2) is 39.4 Å². The minimum absolute atomic E-state index is 0.114. The first-order chi connectivity index (χ1) is 18.3. The monoisotopic (exact) mass is 578 g/mol. The maximum Gasteiger partial charge on any atom is 0.224 e. The number of carbonyl (C=O) groups is 1. The molecule has 0 aromatic heterocycles. The molecule has 9 heteroatoms. The summed E-state index contributed by atoms with van der Waals surface area (Å²) in [6.07, 6.45) is 1.29. The van der Waals surface area contributed by atoms with Gasteiger partial charge >= 0.3 is 0 Å². The largest absolute Gasteiger partial charge is 0.490 e. The van der Waals surface area contributed by atoms with Crippen LogP contribution in [0.5, 0.6) is 11.5 Å². The number of hydrogen-bond acceptors (Lipinski definition) is 5. The van der Waals surface area contributed by atoms with Gasteiger partial charge in [0.25, 0.3) is 0 Å². The van der Waals surface area contributed by atoms with Crippen LogP contribution in [-0.2, 0) is 28.9 Å².